The summed E-state index contributed by atoms with van der Waals surface area (Å²) in [5, 5.41) is 0. The van der Waals surface area contributed by atoms with Crippen molar-refractivity contribution in [1.82, 2.24) is 9.97 Å². The number of pyridine rings is 1. The average molecular weight is 220 g/mol. The van der Waals surface area contributed by atoms with Gasteiger partial charge in [-0.05, 0) is 30.2 Å². The summed E-state index contributed by atoms with van der Waals surface area (Å²) < 4.78 is 5.49. The number of hydrogen-bond donors (Lipinski definition) is 0. The normalized spacial score (nSPS) is 9.88. The molecule has 0 atom stereocenters. The fraction of sp³-hybridized carbons (Fsp3) is 0. The van der Waals surface area contributed by atoms with Crippen LogP contribution in [-0.4, -0.2) is 9.97 Å². The first-order chi connectivity index (χ1) is 8.42. The highest BCUT2D eigenvalue weighted by atomic mass is 16.3. The molecule has 0 saturated heterocycles. The molecule has 2 aromatic heterocycles. The largest absolute Gasteiger partial charge is 0.430 e. The lowest BCUT2D eigenvalue weighted by Gasteiger charge is -1.84. The number of para-hydroxylation sites is 2. The molecule has 3 rings (SSSR count). The predicted molar refractivity (Wildman–Crippen MR) is 64.2 cm³/mol. The maximum atomic E-state index is 5.49. The maximum Gasteiger partial charge on any atom is 0.274 e. The second-order valence-electron chi connectivity index (χ2n) is 3.47. The van der Waals surface area contributed by atoms with Gasteiger partial charge in [-0.1, -0.05) is 18.1 Å². The minimum atomic E-state index is 0.433. The molecule has 17 heavy (non-hydrogen) atoms. The molecule has 1 aromatic carbocycles. The molecule has 0 spiro atoms. The van der Waals surface area contributed by atoms with Gasteiger partial charge in [-0.25, -0.2) is 4.98 Å². The molecule has 0 bridgehead atoms. The van der Waals surface area contributed by atoms with E-state index in [4.69, 9.17) is 4.42 Å². The van der Waals surface area contributed by atoms with E-state index in [1.165, 1.54) is 0 Å². The Morgan fingerprint density at radius 1 is 0.941 bits per heavy atom. The quantitative estimate of drug-likeness (QED) is 0.547. The van der Waals surface area contributed by atoms with E-state index in [2.05, 4.69) is 21.8 Å². The Morgan fingerprint density at radius 2 is 1.76 bits per heavy atom. The monoisotopic (exact) mass is 220 g/mol. The first kappa shape index (κ1) is 9.61. The van der Waals surface area contributed by atoms with Crippen LogP contribution in [0.25, 0.3) is 11.1 Å². The van der Waals surface area contributed by atoms with Crippen LogP contribution in [0.4, 0.5) is 0 Å². The summed E-state index contributed by atoms with van der Waals surface area (Å²) in [6, 6.07) is 11.3. The molecule has 0 fully saturated rings. The van der Waals surface area contributed by atoms with E-state index in [0.717, 1.165) is 16.7 Å². The topological polar surface area (TPSA) is 38.9 Å². The summed E-state index contributed by atoms with van der Waals surface area (Å²) in [4.78, 5) is 8.20. The molecule has 0 aliphatic rings. The van der Waals surface area contributed by atoms with Gasteiger partial charge in [0.15, 0.2) is 5.58 Å². The molecule has 3 aromatic rings. The maximum absolute atomic E-state index is 5.49. The molecule has 0 saturated carbocycles. The van der Waals surface area contributed by atoms with Crippen molar-refractivity contribution in [2.24, 2.45) is 0 Å². The van der Waals surface area contributed by atoms with Crippen LogP contribution in [0.2, 0.25) is 0 Å². The fourth-order valence-corrected chi connectivity index (χ4v) is 1.49. The zero-order chi connectivity index (χ0) is 11.5. The summed E-state index contributed by atoms with van der Waals surface area (Å²) in [6.07, 6.45) is 3.41. The van der Waals surface area contributed by atoms with Gasteiger partial charge in [0.2, 0.25) is 0 Å². The zero-order valence-electron chi connectivity index (χ0n) is 8.92. The lowest BCUT2D eigenvalue weighted by molar-refractivity contribution is 0.586. The van der Waals surface area contributed by atoms with Gasteiger partial charge in [-0.15, -0.1) is 0 Å². The first-order valence-electron chi connectivity index (χ1n) is 5.19. The Bertz CT molecular complexity index is 672. The number of oxazole rings is 1. The van der Waals surface area contributed by atoms with Crippen LogP contribution < -0.4 is 0 Å². The standard InChI is InChI=1S/C14H8N2O/c1-2-4-13-12(3-1)16-14(17-13)6-5-11-7-9-15-10-8-11/h1-4,7-10H. The van der Waals surface area contributed by atoms with Gasteiger partial charge in [0.05, 0.1) is 0 Å². The van der Waals surface area contributed by atoms with E-state index in [1.54, 1.807) is 12.4 Å². The molecule has 0 unspecified atom stereocenters. The third kappa shape index (κ3) is 2.01. The smallest absolute Gasteiger partial charge is 0.274 e. The van der Waals surface area contributed by atoms with Crippen LogP contribution in [0.1, 0.15) is 11.5 Å². The van der Waals surface area contributed by atoms with Crippen molar-refractivity contribution in [3.8, 4) is 11.8 Å². The van der Waals surface area contributed by atoms with E-state index in [9.17, 15) is 0 Å². The number of hydrogen-bond acceptors (Lipinski definition) is 3. The first-order valence-corrected chi connectivity index (χ1v) is 5.19. The summed E-state index contributed by atoms with van der Waals surface area (Å²) in [5.74, 6) is 6.30. The molecular formula is C14H8N2O. The number of rotatable bonds is 0. The number of nitrogens with zero attached hydrogens (tertiary/aromatic N) is 2. The van der Waals surface area contributed by atoms with Gasteiger partial charge in [0, 0.05) is 18.0 Å². The van der Waals surface area contributed by atoms with Crippen molar-refractivity contribution in [3.63, 3.8) is 0 Å². The highest BCUT2D eigenvalue weighted by molar-refractivity contribution is 5.72. The van der Waals surface area contributed by atoms with Crippen molar-refractivity contribution < 1.29 is 4.42 Å². The summed E-state index contributed by atoms with van der Waals surface area (Å²) in [7, 11) is 0. The third-order valence-corrected chi connectivity index (χ3v) is 2.29. The molecular weight excluding hydrogens is 212 g/mol. The van der Waals surface area contributed by atoms with Crippen LogP contribution in [0.15, 0.2) is 53.2 Å². The Morgan fingerprint density at radius 3 is 2.59 bits per heavy atom. The van der Waals surface area contributed by atoms with Gasteiger partial charge in [0.25, 0.3) is 5.89 Å². The number of benzene rings is 1. The highest BCUT2D eigenvalue weighted by Crippen LogP contribution is 2.13. The Balaban J connectivity index is 1.98. The van der Waals surface area contributed by atoms with Gasteiger partial charge in [-0.2, -0.15) is 0 Å². The number of fused-ring (bicyclic) bond motifs is 1. The molecule has 80 valence electrons. The lowest BCUT2D eigenvalue weighted by Crippen LogP contribution is -1.76. The molecule has 0 N–H and O–H groups in total. The summed E-state index contributed by atoms with van der Waals surface area (Å²) >= 11 is 0. The third-order valence-electron chi connectivity index (χ3n) is 2.29. The van der Waals surface area contributed by atoms with Crippen molar-refractivity contribution >= 4 is 11.1 Å². The Kier molecular flexibility index (Phi) is 2.32. The second-order valence-corrected chi connectivity index (χ2v) is 3.47. The molecule has 3 nitrogen and oxygen atoms in total. The van der Waals surface area contributed by atoms with Gasteiger partial charge in [0.1, 0.15) is 5.52 Å². The van der Waals surface area contributed by atoms with Crippen LogP contribution in [0.3, 0.4) is 0 Å². The van der Waals surface area contributed by atoms with Crippen molar-refractivity contribution in [1.29, 1.82) is 0 Å². The number of aromatic nitrogens is 2. The van der Waals surface area contributed by atoms with Crippen LogP contribution in [0.5, 0.6) is 0 Å². The molecule has 0 aliphatic carbocycles. The molecule has 3 heteroatoms. The Labute approximate surface area is 98.1 Å². The fourth-order valence-electron chi connectivity index (χ4n) is 1.49. The van der Waals surface area contributed by atoms with Crippen LogP contribution in [-0.2, 0) is 0 Å². The molecule has 2 heterocycles. The Hall–Kier alpha value is -2.60. The van der Waals surface area contributed by atoms with Crippen molar-refractivity contribution in [2.45, 2.75) is 0 Å². The minimum Gasteiger partial charge on any atom is -0.430 e. The van der Waals surface area contributed by atoms with Crippen LogP contribution in [0, 0.1) is 11.8 Å². The van der Waals surface area contributed by atoms with Crippen molar-refractivity contribution in [2.75, 3.05) is 0 Å². The van der Waals surface area contributed by atoms with Crippen molar-refractivity contribution in [3.05, 3.63) is 60.2 Å². The van der Waals surface area contributed by atoms with E-state index < -0.39 is 0 Å². The van der Waals surface area contributed by atoms with Gasteiger partial charge < -0.3 is 4.42 Å². The van der Waals surface area contributed by atoms with Gasteiger partial charge in [-0.3, -0.25) is 4.98 Å². The lowest BCUT2D eigenvalue weighted by atomic mass is 10.3. The van der Waals surface area contributed by atoms with E-state index >= 15 is 0 Å². The summed E-state index contributed by atoms with van der Waals surface area (Å²) in [6.45, 7) is 0. The summed E-state index contributed by atoms with van der Waals surface area (Å²) in [5.41, 5.74) is 2.47. The van der Waals surface area contributed by atoms with Gasteiger partial charge >= 0.3 is 0 Å². The molecule has 0 amide bonds. The molecule has 0 radical (unpaired) electrons. The zero-order valence-corrected chi connectivity index (χ0v) is 8.92. The van der Waals surface area contributed by atoms with Crippen LogP contribution >= 0.6 is 0 Å². The van der Waals surface area contributed by atoms with E-state index in [-0.39, 0.29) is 0 Å². The highest BCUT2D eigenvalue weighted by Gasteiger charge is 2.00. The minimum absolute atomic E-state index is 0.433. The second kappa shape index (κ2) is 4.11. The molecule has 0 aliphatic heterocycles. The average Bonchev–Trinajstić information content (AvgIpc) is 2.80. The SMILES string of the molecule is C(#Cc1nc2ccccc2o1)c1ccncc1. The predicted octanol–water partition coefficient (Wildman–Crippen LogP) is 2.62. The van der Waals surface area contributed by atoms with E-state index in [1.807, 2.05) is 36.4 Å². The van der Waals surface area contributed by atoms with E-state index in [0.29, 0.717) is 5.89 Å².